The topological polar surface area (TPSA) is 123 Å². The standard InChI is InChI=1S/C23H20N2O5S3/c24-32(27,28)21-3-1-2-20(12-21)18-8-4-16(5-9-18)14-31-15-17-6-10-19(11-7-17)22-13-23(26)25-33(22,29)30/h1-13H,14-15H2,(H,25,26)(H2,24,27,28). The van der Waals surface area contributed by atoms with Crippen LogP contribution in [0.15, 0.2) is 83.8 Å². The zero-order valence-electron chi connectivity index (χ0n) is 17.3. The van der Waals surface area contributed by atoms with Gasteiger partial charge in [-0.2, -0.15) is 11.8 Å². The second-order valence-corrected chi connectivity index (χ2v) is 11.6. The molecule has 10 heteroatoms. The Bertz CT molecular complexity index is 1440. The number of hydrogen-bond acceptors (Lipinski definition) is 6. The van der Waals surface area contributed by atoms with Gasteiger partial charge in [-0.15, -0.1) is 0 Å². The third kappa shape index (κ3) is 5.53. The van der Waals surface area contributed by atoms with Crippen molar-refractivity contribution < 1.29 is 21.6 Å². The smallest absolute Gasteiger partial charge is 0.265 e. The number of benzene rings is 3. The number of carbonyl (C=O) groups is 1. The lowest BCUT2D eigenvalue weighted by Gasteiger charge is -2.07. The van der Waals surface area contributed by atoms with Crippen molar-refractivity contribution in [2.45, 2.75) is 16.4 Å². The molecule has 1 aliphatic rings. The van der Waals surface area contributed by atoms with Crippen LogP contribution in [0.3, 0.4) is 0 Å². The van der Waals surface area contributed by atoms with E-state index < -0.39 is 26.0 Å². The Balaban J connectivity index is 1.36. The van der Waals surface area contributed by atoms with E-state index >= 15 is 0 Å². The van der Waals surface area contributed by atoms with Crippen LogP contribution in [0.2, 0.25) is 0 Å². The third-order valence-electron chi connectivity index (χ3n) is 5.01. The van der Waals surface area contributed by atoms with Gasteiger partial charge in [-0.25, -0.2) is 26.7 Å². The van der Waals surface area contributed by atoms with Crippen molar-refractivity contribution in [3.63, 3.8) is 0 Å². The van der Waals surface area contributed by atoms with Crippen LogP contribution in [-0.2, 0) is 36.3 Å². The van der Waals surface area contributed by atoms with Gasteiger partial charge in [-0.1, -0.05) is 60.7 Å². The molecule has 3 N–H and O–H groups in total. The Morgan fingerprint density at radius 1 is 0.818 bits per heavy atom. The first-order valence-corrected chi connectivity index (χ1v) is 14.0. The molecule has 1 heterocycles. The maximum atomic E-state index is 11.9. The van der Waals surface area contributed by atoms with Crippen LogP contribution in [0.1, 0.15) is 16.7 Å². The van der Waals surface area contributed by atoms with Crippen LogP contribution in [-0.4, -0.2) is 22.7 Å². The summed E-state index contributed by atoms with van der Waals surface area (Å²) in [6.45, 7) is 0. The molecule has 0 unspecified atom stereocenters. The van der Waals surface area contributed by atoms with Gasteiger partial charge >= 0.3 is 0 Å². The largest absolute Gasteiger partial charge is 0.269 e. The van der Waals surface area contributed by atoms with Crippen LogP contribution in [0, 0.1) is 0 Å². The quantitative estimate of drug-likeness (QED) is 0.513. The maximum absolute atomic E-state index is 11.9. The molecule has 1 amide bonds. The number of sulfonamides is 2. The summed E-state index contributed by atoms with van der Waals surface area (Å²) in [5.74, 6) is 0.881. The zero-order valence-corrected chi connectivity index (χ0v) is 19.7. The summed E-state index contributed by atoms with van der Waals surface area (Å²) in [5.41, 5.74) is 4.31. The molecule has 0 fully saturated rings. The van der Waals surface area contributed by atoms with Crippen molar-refractivity contribution in [2.75, 3.05) is 0 Å². The van der Waals surface area contributed by atoms with E-state index in [2.05, 4.69) is 0 Å². The summed E-state index contributed by atoms with van der Waals surface area (Å²) >= 11 is 1.71. The van der Waals surface area contributed by atoms with Crippen molar-refractivity contribution in [1.29, 1.82) is 0 Å². The Morgan fingerprint density at radius 2 is 1.39 bits per heavy atom. The van der Waals surface area contributed by atoms with E-state index in [0.29, 0.717) is 5.56 Å². The molecular weight excluding hydrogens is 480 g/mol. The molecular formula is C23H20N2O5S3. The highest BCUT2D eigenvalue weighted by atomic mass is 32.2. The van der Waals surface area contributed by atoms with Crippen molar-refractivity contribution in [3.8, 4) is 11.1 Å². The minimum absolute atomic E-state index is 0.0126. The van der Waals surface area contributed by atoms with Crippen molar-refractivity contribution >= 4 is 42.6 Å². The Morgan fingerprint density at radius 3 is 1.91 bits per heavy atom. The van der Waals surface area contributed by atoms with Gasteiger partial charge in [0.15, 0.2) is 0 Å². The van der Waals surface area contributed by atoms with E-state index in [1.165, 1.54) is 6.07 Å². The van der Waals surface area contributed by atoms with Crippen LogP contribution in [0.25, 0.3) is 16.0 Å². The van der Waals surface area contributed by atoms with Crippen LogP contribution in [0.4, 0.5) is 0 Å². The van der Waals surface area contributed by atoms with Gasteiger partial charge in [0.2, 0.25) is 10.0 Å². The van der Waals surface area contributed by atoms with Crippen LogP contribution < -0.4 is 9.86 Å². The maximum Gasteiger partial charge on any atom is 0.265 e. The van der Waals surface area contributed by atoms with Gasteiger partial charge in [-0.3, -0.25) is 4.79 Å². The van der Waals surface area contributed by atoms with E-state index in [1.54, 1.807) is 36.0 Å². The van der Waals surface area contributed by atoms with E-state index in [4.69, 9.17) is 5.14 Å². The van der Waals surface area contributed by atoms with Crippen LogP contribution in [0.5, 0.6) is 0 Å². The van der Waals surface area contributed by atoms with Crippen molar-refractivity contribution in [2.24, 2.45) is 5.14 Å². The molecule has 3 aromatic rings. The van der Waals surface area contributed by atoms with Gasteiger partial charge in [0.1, 0.15) is 4.91 Å². The minimum Gasteiger partial charge on any atom is -0.269 e. The summed E-state index contributed by atoms with van der Waals surface area (Å²) < 4.78 is 48.9. The first kappa shape index (κ1) is 23.2. The van der Waals surface area contributed by atoms with Gasteiger partial charge in [0.05, 0.1) is 4.90 Å². The molecule has 0 atom stereocenters. The highest BCUT2D eigenvalue weighted by molar-refractivity contribution is 8.00. The van der Waals surface area contributed by atoms with Crippen molar-refractivity contribution in [1.82, 2.24) is 4.72 Å². The van der Waals surface area contributed by atoms with Gasteiger partial charge < -0.3 is 0 Å². The monoisotopic (exact) mass is 500 g/mol. The molecule has 4 rings (SSSR count). The van der Waals surface area contributed by atoms with Gasteiger partial charge in [0, 0.05) is 17.6 Å². The fourth-order valence-electron chi connectivity index (χ4n) is 3.35. The number of rotatable bonds is 7. The van der Waals surface area contributed by atoms with E-state index in [0.717, 1.165) is 39.8 Å². The lowest BCUT2D eigenvalue weighted by Crippen LogP contribution is -2.22. The van der Waals surface area contributed by atoms with Crippen molar-refractivity contribution in [3.05, 3.63) is 95.6 Å². The lowest BCUT2D eigenvalue weighted by molar-refractivity contribution is -0.114. The Labute approximate surface area is 196 Å². The molecule has 0 bridgehead atoms. The second kappa shape index (κ2) is 9.14. The molecule has 1 aliphatic heterocycles. The lowest BCUT2D eigenvalue weighted by atomic mass is 10.0. The fourth-order valence-corrected chi connectivity index (χ4v) is 6.01. The average Bonchev–Trinajstić information content (AvgIpc) is 3.06. The first-order chi connectivity index (χ1) is 15.6. The molecule has 0 aliphatic carbocycles. The number of nitrogens with one attached hydrogen (secondary N) is 1. The molecule has 33 heavy (non-hydrogen) atoms. The highest BCUT2D eigenvalue weighted by Gasteiger charge is 2.28. The molecule has 170 valence electrons. The molecule has 0 saturated carbocycles. The zero-order chi connectivity index (χ0) is 23.6. The predicted molar refractivity (Wildman–Crippen MR) is 130 cm³/mol. The third-order valence-corrected chi connectivity index (χ3v) is 8.40. The number of nitrogens with two attached hydrogens (primary N) is 1. The van der Waals surface area contributed by atoms with E-state index in [9.17, 15) is 21.6 Å². The molecule has 0 radical (unpaired) electrons. The first-order valence-electron chi connectivity index (χ1n) is 9.79. The number of carbonyl (C=O) groups excluding carboxylic acids is 1. The van der Waals surface area contributed by atoms with Crippen LogP contribution >= 0.6 is 11.8 Å². The fraction of sp³-hybridized carbons (Fsp3) is 0.0870. The normalized spacial score (nSPS) is 15.2. The van der Waals surface area contributed by atoms with E-state index in [-0.39, 0.29) is 9.80 Å². The molecule has 0 aromatic heterocycles. The average molecular weight is 501 g/mol. The molecule has 0 saturated heterocycles. The second-order valence-electron chi connectivity index (χ2n) is 7.44. The number of hydrogen-bond donors (Lipinski definition) is 2. The number of primary sulfonamides is 1. The SMILES string of the molecule is NS(=O)(=O)c1cccc(-c2ccc(CSCc3ccc(C4=CC(=O)NS4(=O)=O)cc3)cc2)c1. The molecule has 0 spiro atoms. The number of thioether (sulfide) groups is 1. The highest BCUT2D eigenvalue weighted by Crippen LogP contribution is 2.27. The Hall–Kier alpha value is -2.92. The predicted octanol–water partition coefficient (Wildman–Crippen LogP) is 3.23. The van der Waals surface area contributed by atoms with Gasteiger partial charge in [-0.05, 0) is 39.9 Å². The molecule has 3 aromatic carbocycles. The minimum atomic E-state index is -3.77. The summed E-state index contributed by atoms with van der Waals surface area (Å²) in [6.07, 6.45) is 1.09. The summed E-state index contributed by atoms with van der Waals surface area (Å²) in [4.78, 5) is 11.4. The number of amides is 1. The summed E-state index contributed by atoms with van der Waals surface area (Å²) in [7, 11) is -7.52. The Kier molecular flexibility index (Phi) is 6.44. The molecule has 7 nitrogen and oxygen atoms in total. The summed E-state index contributed by atoms with van der Waals surface area (Å²) in [6, 6.07) is 21.5. The van der Waals surface area contributed by atoms with Gasteiger partial charge in [0.25, 0.3) is 15.9 Å². The summed E-state index contributed by atoms with van der Waals surface area (Å²) in [5, 5.41) is 5.21. The van der Waals surface area contributed by atoms with E-state index in [1.807, 2.05) is 47.2 Å².